The van der Waals surface area contributed by atoms with Gasteiger partial charge in [-0.1, -0.05) is 59.7 Å². The van der Waals surface area contributed by atoms with Crippen molar-refractivity contribution in [2.45, 2.75) is 20.4 Å². The number of fused-ring (bicyclic) bond motifs is 4. The number of benzene rings is 3. The van der Waals surface area contributed by atoms with Gasteiger partial charge in [-0.3, -0.25) is 0 Å². The summed E-state index contributed by atoms with van der Waals surface area (Å²) in [5.41, 5.74) is 8.63. The molecule has 0 aliphatic carbocycles. The van der Waals surface area contributed by atoms with E-state index in [1.54, 1.807) is 0 Å². The Morgan fingerprint density at radius 1 is 0.839 bits per heavy atom. The normalized spacial score (nSPS) is 12.7. The van der Waals surface area contributed by atoms with Crippen LogP contribution >= 0.6 is 0 Å². The van der Waals surface area contributed by atoms with E-state index in [0.717, 1.165) is 51.5 Å². The summed E-state index contributed by atoms with van der Waals surface area (Å²) in [6.45, 7) is 5.19. The second-order valence-electron chi connectivity index (χ2n) is 8.15. The van der Waals surface area contributed by atoms with Gasteiger partial charge in [0.05, 0.1) is 5.52 Å². The van der Waals surface area contributed by atoms with Crippen LogP contribution < -0.4 is 9.47 Å². The van der Waals surface area contributed by atoms with Crippen LogP contribution in [-0.2, 0) is 6.54 Å². The van der Waals surface area contributed by atoms with Crippen LogP contribution in [0, 0.1) is 13.8 Å². The molecular formula is C26H21N3O2. The molecule has 3 aromatic rings. The number of hydrogen-bond acceptors (Lipinski definition) is 4. The van der Waals surface area contributed by atoms with Crippen molar-refractivity contribution in [3.8, 4) is 34.0 Å². The lowest BCUT2D eigenvalue weighted by molar-refractivity contribution is 0.174. The standard InChI is InChI=1S/C26H21N3O2/c1-16-6-8-19(9-7-16)25-21-14-29(13-18-5-3-4-17(2)10-18)22-12-24-23(30-15-31-24)11-20(22)26(21)28-27-25/h3-12,14H,13,15H2,1-2H3. The molecule has 0 radical (unpaired) electrons. The van der Waals surface area contributed by atoms with Crippen LogP contribution in [0.2, 0.25) is 0 Å². The lowest BCUT2D eigenvalue weighted by Crippen LogP contribution is -2.04. The Bertz CT molecular complexity index is 1400. The summed E-state index contributed by atoms with van der Waals surface area (Å²) < 4.78 is 13.6. The molecule has 0 amide bonds. The van der Waals surface area contributed by atoms with E-state index in [1.807, 2.05) is 12.1 Å². The van der Waals surface area contributed by atoms with Gasteiger partial charge in [0.25, 0.3) is 0 Å². The van der Waals surface area contributed by atoms with Gasteiger partial charge in [-0.15, -0.1) is 10.2 Å². The molecule has 0 saturated carbocycles. The molecule has 0 spiro atoms. The summed E-state index contributed by atoms with van der Waals surface area (Å²) in [4.78, 5) is 0. The van der Waals surface area contributed by atoms with Crippen LogP contribution in [0.1, 0.15) is 16.7 Å². The molecule has 3 aliphatic rings. The fraction of sp³-hybridized carbons (Fsp3) is 0.154. The molecule has 152 valence electrons. The van der Waals surface area contributed by atoms with Crippen LogP contribution in [0.15, 0.2) is 66.9 Å². The summed E-state index contributed by atoms with van der Waals surface area (Å²) >= 11 is 0. The molecule has 3 aliphatic heterocycles. The molecular weight excluding hydrogens is 386 g/mol. The van der Waals surface area contributed by atoms with Gasteiger partial charge in [0, 0.05) is 35.3 Å². The highest BCUT2D eigenvalue weighted by Gasteiger charge is 2.24. The fourth-order valence-corrected chi connectivity index (χ4v) is 4.29. The molecule has 0 bridgehead atoms. The van der Waals surface area contributed by atoms with Gasteiger partial charge < -0.3 is 14.0 Å². The van der Waals surface area contributed by atoms with Gasteiger partial charge in [-0.05, 0) is 25.5 Å². The summed E-state index contributed by atoms with van der Waals surface area (Å²) in [6.07, 6.45) is 2.16. The first-order valence-corrected chi connectivity index (χ1v) is 10.4. The van der Waals surface area contributed by atoms with Gasteiger partial charge >= 0.3 is 0 Å². The maximum absolute atomic E-state index is 5.66. The Morgan fingerprint density at radius 2 is 1.61 bits per heavy atom. The van der Waals surface area contributed by atoms with E-state index < -0.39 is 0 Å². The molecule has 0 saturated heterocycles. The minimum absolute atomic E-state index is 0.244. The molecule has 0 N–H and O–H groups in total. The highest BCUT2D eigenvalue weighted by atomic mass is 16.7. The third kappa shape index (κ3) is 3.01. The molecule has 0 unspecified atom stereocenters. The number of aryl methyl sites for hydroxylation is 2. The number of aromatic nitrogens is 3. The van der Waals surface area contributed by atoms with E-state index in [4.69, 9.17) is 9.47 Å². The predicted octanol–water partition coefficient (Wildman–Crippen LogP) is 5.60. The molecule has 3 heterocycles. The van der Waals surface area contributed by atoms with Gasteiger partial charge in [0.15, 0.2) is 11.5 Å². The zero-order chi connectivity index (χ0) is 20.9. The van der Waals surface area contributed by atoms with Crippen molar-refractivity contribution in [2.75, 3.05) is 6.79 Å². The summed E-state index contributed by atoms with van der Waals surface area (Å²) in [6, 6.07) is 21.1. The third-order valence-corrected chi connectivity index (χ3v) is 5.86. The Kier molecular flexibility index (Phi) is 3.96. The molecule has 0 fully saturated rings. The van der Waals surface area contributed by atoms with E-state index in [2.05, 4.69) is 83.3 Å². The smallest absolute Gasteiger partial charge is 0.231 e. The lowest BCUT2D eigenvalue weighted by atomic mass is 10.0. The van der Waals surface area contributed by atoms with Crippen molar-refractivity contribution in [2.24, 2.45) is 0 Å². The van der Waals surface area contributed by atoms with E-state index in [9.17, 15) is 0 Å². The number of ether oxygens (including phenoxy) is 2. The van der Waals surface area contributed by atoms with Crippen LogP contribution in [-0.4, -0.2) is 21.6 Å². The average molecular weight is 407 g/mol. The Balaban J connectivity index is 1.60. The maximum atomic E-state index is 5.66. The van der Waals surface area contributed by atoms with Gasteiger partial charge in [-0.25, -0.2) is 0 Å². The van der Waals surface area contributed by atoms with Gasteiger partial charge in [-0.2, -0.15) is 0 Å². The molecule has 0 aromatic heterocycles. The zero-order valence-corrected chi connectivity index (χ0v) is 17.4. The fourth-order valence-electron chi connectivity index (χ4n) is 4.29. The highest BCUT2D eigenvalue weighted by Crippen LogP contribution is 2.42. The van der Waals surface area contributed by atoms with Gasteiger partial charge in [0.1, 0.15) is 11.4 Å². The maximum Gasteiger partial charge on any atom is 0.231 e. The zero-order valence-electron chi connectivity index (χ0n) is 17.4. The summed E-state index contributed by atoms with van der Waals surface area (Å²) in [5, 5.41) is 10.2. The SMILES string of the molecule is Cc1ccc(-c2nnc3c4cc5c(cc4n(Cc4cccc(C)c4)cc2-3)OCO5)cc1. The number of nitrogens with zero attached hydrogens (tertiary/aromatic N) is 3. The summed E-state index contributed by atoms with van der Waals surface area (Å²) in [7, 11) is 0. The average Bonchev–Trinajstić information content (AvgIpc) is 3.40. The first-order chi connectivity index (χ1) is 15.2. The molecule has 6 rings (SSSR count). The van der Waals surface area contributed by atoms with Crippen LogP contribution in [0.5, 0.6) is 11.5 Å². The minimum atomic E-state index is 0.244. The first kappa shape index (κ1) is 18.0. The predicted molar refractivity (Wildman–Crippen MR) is 121 cm³/mol. The largest absolute Gasteiger partial charge is 0.454 e. The molecule has 31 heavy (non-hydrogen) atoms. The first-order valence-electron chi connectivity index (χ1n) is 10.4. The number of pyridine rings is 1. The Morgan fingerprint density at radius 3 is 2.42 bits per heavy atom. The Hall–Kier alpha value is -3.86. The van der Waals surface area contributed by atoms with Crippen molar-refractivity contribution in [1.29, 1.82) is 0 Å². The monoisotopic (exact) mass is 407 g/mol. The molecule has 5 heteroatoms. The van der Waals surface area contributed by atoms with E-state index in [1.165, 1.54) is 16.7 Å². The van der Waals surface area contributed by atoms with Crippen LogP contribution in [0.4, 0.5) is 0 Å². The van der Waals surface area contributed by atoms with Gasteiger partial charge in [0.2, 0.25) is 6.79 Å². The Labute approximate surface area is 180 Å². The second-order valence-corrected chi connectivity index (χ2v) is 8.15. The second kappa shape index (κ2) is 6.84. The minimum Gasteiger partial charge on any atom is -0.454 e. The third-order valence-electron chi connectivity index (χ3n) is 5.86. The van der Waals surface area contributed by atoms with E-state index >= 15 is 0 Å². The van der Waals surface area contributed by atoms with E-state index in [-0.39, 0.29) is 6.79 Å². The lowest BCUT2D eigenvalue weighted by Gasteiger charge is -2.16. The number of hydrogen-bond donors (Lipinski definition) is 0. The topological polar surface area (TPSA) is 49.2 Å². The number of rotatable bonds is 3. The van der Waals surface area contributed by atoms with Crippen molar-refractivity contribution < 1.29 is 9.47 Å². The van der Waals surface area contributed by atoms with Crippen LogP contribution in [0.3, 0.4) is 0 Å². The molecule has 5 nitrogen and oxygen atoms in total. The van der Waals surface area contributed by atoms with Crippen molar-refractivity contribution in [3.63, 3.8) is 0 Å². The van der Waals surface area contributed by atoms with Crippen LogP contribution in [0.25, 0.3) is 33.4 Å². The van der Waals surface area contributed by atoms with Crippen molar-refractivity contribution in [3.05, 3.63) is 83.6 Å². The summed E-state index contributed by atoms with van der Waals surface area (Å²) in [5.74, 6) is 1.52. The van der Waals surface area contributed by atoms with Crippen molar-refractivity contribution >= 4 is 10.9 Å². The molecule has 0 atom stereocenters. The molecule has 3 aromatic carbocycles. The quantitative estimate of drug-likeness (QED) is 0.391. The highest BCUT2D eigenvalue weighted by molar-refractivity contribution is 5.99. The van der Waals surface area contributed by atoms with Crippen molar-refractivity contribution in [1.82, 2.24) is 14.8 Å². The van der Waals surface area contributed by atoms with E-state index in [0.29, 0.717) is 0 Å².